The fraction of sp³-hybridized carbons (Fsp3) is 0.364. The molecule has 92 valence electrons. The molecule has 1 atom stereocenters. The maximum absolute atomic E-state index is 11.8. The third kappa shape index (κ3) is 3.74. The first kappa shape index (κ1) is 13.5. The van der Waals surface area contributed by atoms with Crippen LogP contribution in [0, 0.1) is 16.0 Å². The minimum absolute atomic E-state index is 0.0462. The van der Waals surface area contributed by atoms with Gasteiger partial charge in [0.25, 0.3) is 5.69 Å². The van der Waals surface area contributed by atoms with E-state index in [0.29, 0.717) is 4.90 Å². The van der Waals surface area contributed by atoms with Gasteiger partial charge in [-0.1, -0.05) is 13.8 Å². The predicted octanol–water partition coefficient (Wildman–Crippen LogP) is 1.93. The van der Waals surface area contributed by atoms with Crippen LogP contribution in [0.25, 0.3) is 0 Å². The molecule has 0 N–H and O–H groups in total. The largest absolute Gasteiger partial charge is 0.298 e. The first-order chi connectivity index (χ1) is 7.91. The van der Waals surface area contributed by atoms with E-state index in [-0.39, 0.29) is 23.1 Å². The smallest absolute Gasteiger partial charge is 0.269 e. The van der Waals surface area contributed by atoms with Crippen LogP contribution in [0.2, 0.25) is 0 Å². The first-order valence-electron chi connectivity index (χ1n) is 5.07. The van der Waals surface area contributed by atoms with E-state index < -0.39 is 15.7 Å². The number of Topliss-reactive ketones (excluding diaryl/α,β-unsaturated/α-hetero) is 1. The van der Waals surface area contributed by atoms with Crippen molar-refractivity contribution in [1.29, 1.82) is 0 Å². The number of nitrogens with zero attached hydrogens (tertiary/aromatic N) is 1. The summed E-state index contributed by atoms with van der Waals surface area (Å²) in [5, 5.41) is 10.4. The van der Waals surface area contributed by atoms with E-state index in [2.05, 4.69) is 0 Å². The number of nitro groups is 1. The highest BCUT2D eigenvalue weighted by Crippen LogP contribution is 2.15. The van der Waals surface area contributed by atoms with Gasteiger partial charge < -0.3 is 0 Å². The summed E-state index contributed by atoms with van der Waals surface area (Å²) < 4.78 is 11.8. The Hall–Kier alpha value is -1.56. The molecule has 5 nitrogen and oxygen atoms in total. The second-order valence-electron chi connectivity index (χ2n) is 3.86. The third-order valence-electron chi connectivity index (χ3n) is 2.23. The topological polar surface area (TPSA) is 77.3 Å². The van der Waals surface area contributed by atoms with Gasteiger partial charge in [0, 0.05) is 22.9 Å². The average Bonchev–Trinajstić information content (AvgIpc) is 2.28. The molecule has 0 fully saturated rings. The highest BCUT2D eigenvalue weighted by Gasteiger charge is 2.14. The van der Waals surface area contributed by atoms with Crippen molar-refractivity contribution >= 4 is 22.3 Å². The van der Waals surface area contributed by atoms with Crippen molar-refractivity contribution in [3.05, 3.63) is 34.4 Å². The lowest BCUT2D eigenvalue weighted by Gasteiger charge is -2.04. The molecule has 0 aliphatic rings. The Balaban J connectivity index is 2.77. The Morgan fingerprint density at radius 1 is 1.35 bits per heavy atom. The van der Waals surface area contributed by atoms with E-state index in [4.69, 9.17) is 0 Å². The number of carbonyl (C=O) groups is 1. The lowest BCUT2D eigenvalue weighted by molar-refractivity contribution is -0.384. The average molecular weight is 255 g/mol. The molecule has 0 aliphatic heterocycles. The van der Waals surface area contributed by atoms with Crippen LogP contribution >= 0.6 is 0 Å². The van der Waals surface area contributed by atoms with Gasteiger partial charge in [-0.05, 0) is 12.1 Å². The maximum atomic E-state index is 11.8. The van der Waals surface area contributed by atoms with Gasteiger partial charge in [0.05, 0.1) is 21.5 Å². The first-order valence-corrected chi connectivity index (χ1v) is 6.39. The summed E-state index contributed by atoms with van der Waals surface area (Å²) in [4.78, 5) is 21.7. The summed E-state index contributed by atoms with van der Waals surface area (Å²) >= 11 is 0. The van der Waals surface area contributed by atoms with Crippen LogP contribution in [0.3, 0.4) is 0 Å². The normalized spacial score (nSPS) is 12.4. The number of nitro benzene ring substituents is 1. The molecule has 1 aromatic rings. The highest BCUT2D eigenvalue weighted by molar-refractivity contribution is 7.85. The second-order valence-corrected chi connectivity index (χ2v) is 5.31. The van der Waals surface area contributed by atoms with Crippen LogP contribution in [0.1, 0.15) is 13.8 Å². The zero-order valence-corrected chi connectivity index (χ0v) is 10.4. The van der Waals surface area contributed by atoms with Gasteiger partial charge in [0.2, 0.25) is 0 Å². The second kappa shape index (κ2) is 5.67. The summed E-state index contributed by atoms with van der Waals surface area (Å²) in [5.41, 5.74) is -0.0547. The Bertz CT molecular complexity index is 453. The molecule has 6 heteroatoms. The lowest BCUT2D eigenvalue weighted by atomic mass is 10.1. The Labute approximate surface area is 101 Å². The number of benzene rings is 1. The number of carbonyl (C=O) groups excluding carboxylic acids is 1. The molecule has 0 bridgehead atoms. The third-order valence-corrected chi connectivity index (χ3v) is 3.57. The monoisotopic (exact) mass is 255 g/mol. The highest BCUT2D eigenvalue weighted by atomic mass is 32.2. The molecular weight excluding hydrogens is 242 g/mol. The standard InChI is InChI=1S/C11H13NO4S/c1-8(2)11(13)7-17(16)10-5-3-9(4-6-10)12(14)15/h3-6,8H,7H2,1-2H3. The van der Waals surface area contributed by atoms with Crippen molar-refractivity contribution in [3.8, 4) is 0 Å². The summed E-state index contributed by atoms with van der Waals surface area (Å²) in [6.07, 6.45) is 0. The van der Waals surface area contributed by atoms with Crippen molar-refractivity contribution in [1.82, 2.24) is 0 Å². The summed E-state index contributed by atoms with van der Waals surface area (Å²) in [5.74, 6) is -0.283. The zero-order chi connectivity index (χ0) is 13.0. The fourth-order valence-corrected chi connectivity index (χ4v) is 2.30. The Morgan fingerprint density at radius 2 is 1.88 bits per heavy atom. The van der Waals surface area contributed by atoms with E-state index in [1.165, 1.54) is 24.3 Å². The molecule has 0 heterocycles. The van der Waals surface area contributed by atoms with Gasteiger partial charge in [-0.15, -0.1) is 0 Å². The number of hydrogen-bond acceptors (Lipinski definition) is 4. The van der Waals surface area contributed by atoms with Gasteiger partial charge in [0.15, 0.2) is 0 Å². The predicted molar refractivity (Wildman–Crippen MR) is 64.2 cm³/mol. The molecule has 0 spiro atoms. The fourth-order valence-electron chi connectivity index (χ4n) is 1.10. The molecule has 0 saturated heterocycles. The van der Waals surface area contributed by atoms with E-state index in [1.807, 2.05) is 0 Å². The molecule has 1 unspecified atom stereocenters. The number of ketones is 1. The van der Waals surface area contributed by atoms with E-state index >= 15 is 0 Å². The lowest BCUT2D eigenvalue weighted by Crippen LogP contribution is -2.16. The van der Waals surface area contributed by atoms with Crippen LogP contribution in [0.4, 0.5) is 5.69 Å². The van der Waals surface area contributed by atoms with Crippen LogP contribution in [0.5, 0.6) is 0 Å². The number of hydrogen-bond donors (Lipinski definition) is 0. The zero-order valence-electron chi connectivity index (χ0n) is 9.58. The molecule has 0 saturated carbocycles. The van der Waals surface area contributed by atoms with Crippen LogP contribution in [0.15, 0.2) is 29.2 Å². The molecule has 17 heavy (non-hydrogen) atoms. The molecule has 0 aromatic heterocycles. The number of non-ortho nitro benzene ring substituents is 1. The molecule has 0 radical (unpaired) electrons. The quantitative estimate of drug-likeness (QED) is 0.595. The SMILES string of the molecule is CC(C)C(=O)CS(=O)c1ccc([N+](=O)[O-])cc1. The number of rotatable bonds is 5. The molecule has 1 aromatic carbocycles. The van der Waals surface area contributed by atoms with Crippen LogP contribution in [-0.2, 0) is 15.6 Å². The molecule has 0 amide bonds. The molecule has 1 rings (SSSR count). The van der Waals surface area contributed by atoms with Crippen molar-refractivity contribution < 1.29 is 13.9 Å². The van der Waals surface area contributed by atoms with Gasteiger partial charge in [-0.2, -0.15) is 0 Å². The van der Waals surface area contributed by atoms with Crippen molar-refractivity contribution in [3.63, 3.8) is 0 Å². The van der Waals surface area contributed by atoms with Gasteiger partial charge >= 0.3 is 0 Å². The Morgan fingerprint density at radius 3 is 2.29 bits per heavy atom. The minimum atomic E-state index is -1.43. The van der Waals surface area contributed by atoms with Crippen molar-refractivity contribution in [2.24, 2.45) is 5.92 Å². The van der Waals surface area contributed by atoms with E-state index in [9.17, 15) is 19.1 Å². The van der Waals surface area contributed by atoms with E-state index in [0.717, 1.165) is 0 Å². The maximum Gasteiger partial charge on any atom is 0.269 e. The van der Waals surface area contributed by atoms with Crippen molar-refractivity contribution in [2.45, 2.75) is 18.7 Å². The Kier molecular flexibility index (Phi) is 4.51. The van der Waals surface area contributed by atoms with Gasteiger partial charge in [-0.3, -0.25) is 19.1 Å². The van der Waals surface area contributed by atoms with Crippen molar-refractivity contribution in [2.75, 3.05) is 5.75 Å². The van der Waals surface area contributed by atoms with E-state index in [1.54, 1.807) is 13.8 Å². The van der Waals surface area contributed by atoms with Gasteiger partial charge in [-0.25, -0.2) is 0 Å². The van der Waals surface area contributed by atoms with Crippen LogP contribution in [-0.4, -0.2) is 20.7 Å². The summed E-state index contributed by atoms with van der Waals surface area (Å²) in [6, 6.07) is 5.41. The van der Waals surface area contributed by atoms with Crippen LogP contribution < -0.4 is 0 Å². The molecular formula is C11H13NO4S. The van der Waals surface area contributed by atoms with Gasteiger partial charge in [0.1, 0.15) is 5.78 Å². The summed E-state index contributed by atoms with van der Waals surface area (Å²) in [7, 11) is -1.43. The summed E-state index contributed by atoms with van der Waals surface area (Å²) in [6.45, 7) is 3.49. The minimum Gasteiger partial charge on any atom is -0.298 e. The molecule has 0 aliphatic carbocycles.